The van der Waals surface area contributed by atoms with Gasteiger partial charge in [0.15, 0.2) is 5.78 Å². The second kappa shape index (κ2) is 9.01. The summed E-state index contributed by atoms with van der Waals surface area (Å²) in [6.07, 6.45) is 5.88. The highest BCUT2D eigenvalue weighted by molar-refractivity contribution is 6.07. The van der Waals surface area contributed by atoms with E-state index in [4.69, 9.17) is 0 Å². The molecule has 0 aliphatic heterocycles. The number of hydrogen-bond donors (Lipinski definition) is 1. The SMILES string of the molecule is Cc1c(C2CCC(CC(=O)c3cccc4ncccc34)CC2)c2cc(F)ccc2n1CC(=O)O. The van der Waals surface area contributed by atoms with E-state index in [0.717, 1.165) is 64.3 Å². The topological polar surface area (TPSA) is 72.2 Å². The van der Waals surface area contributed by atoms with Gasteiger partial charge in [0.05, 0.1) is 5.52 Å². The smallest absolute Gasteiger partial charge is 0.323 e. The molecule has 2 aromatic carbocycles. The fourth-order valence-corrected chi connectivity index (χ4v) is 5.71. The number of ketones is 1. The van der Waals surface area contributed by atoms with Crippen LogP contribution in [0.15, 0.2) is 54.7 Å². The number of Topliss-reactive ketones (excluding diaryl/α,β-unsaturated/α-hetero) is 1. The van der Waals surface area contributed by atoms with Crippen LogP contribution in [0.4, 0.5) is 4.39 Å². The Kier molecular flexibility index (Phi) is 5.90. The molecule has 0 unspecified atom stereocenters. The number of carbonyl (C=O) groups excluding carboxylic acids is 1. The summed E-state index contributed by atoms with van der Waals surface area (Å²) in [5.74, 6) is -0.544. The van der Waals surface area contributed by atoms with Crippen LogP contribution in [0.25, 0.3) is 21.8 Å². The number of hydrogen-bond acceptors (Lipinski definition) is 3. The lowest BCUT2D eigenvalue weighted by molar-refractivity contribution is -0.137. The lowest BCUT2D eigenvalue weighted by Gasteiger charge is -2.29. The maximum Gasteiger partial charge on any atom is 0.323 e. The zero-order valence-electron chi connectivity index (χ0n) is 19.1. The summed E-state index contributed by atoms with van der Waals surface area (Å²) in [6.45, 7) is 1.79. The van der Waals surface area contributed by atoms with E-state index in [1.807, 2.05) is 37.3 Å². The van der Waals surface area contributed by atoms with E-state index < -0.39 is 5.97 Å². The second-order valence-corrected chi connectivity index (χ2v) is 9.36. The average molecular weight is 459 g/mol. The summed E-state index contributed by atoms with van der Waals surface area (Å²) in [4.78, 5) is 28.9. The van der Waals surface area contributed by atoms with Crippen molar-refractivity contribution in [2.45, 2.75) is 51.5 Å². The van der Waals surface area contributed by atoms with Crippen molar-refractivity contribution in [3.8, 4) is 0 Å². The van der Waals surface area contributed by atoms with Gasteiger partial charge in [-0.3, -0.25) is 14.6 Å². The van der Waals surface area contributed by atoms with Crippen LogP contribution in [0.2, 0.25) is 0 Å². The lowest BCUT2D eigenvalue weighted by atomic mass is 9.76. The molecule has 5 rings (SSSR count). The Morgan fingerprint density at radius 3 is 2.62 bits per heavy atom. The number of halogens is 1. The molecule has 1 N–H and O–H groups in total. The number of carboxylic acid groups (broad SMARTS) is 1. The van der Waals surface area contributed by atoms with Crippen LogP contribution in [0.3, 0.4) is 0 Å². The first-order valence-corrected chi connectivity index (χ1v) is 11.8. The minimum absolute atomic E-state index is 0.141. The van der Waals surface area contributed by atoms with E-state index in [-0.39, 0.29) is 24.1 Å². The van der Waals surface area contributed by atoms with Crippen molar-refractivity contribution in [1.29, 1.82) is 0 Å². The quantitative estimate of drug-likeness (QED) is 0.346. The average Bonchev–Trinajstić information content (AvgIpc) is 3.09. The van der Waals surface area contributed by atoms with Gasteiger partial charge in [0.2, 0.25) is 0 Å². The zero-order valence-corrected chi connectivity index (χ0v) is 19.1. The third-order valence-electron chi connectivity index (χ3n) is 7.30. The van der Waals surface area contributed by atoms with Crippen LogP contribution >= 0.6 is 0 Å². The van der Waals surface area contributed by atoms with Crippen molar-refractivity contribution in [1.82, 2.24) is 9.55 Å². The Hall–Kier alpha value is -3.54. The van der Waals surface area contributed by atoms with Gasteiger partial charge in [0.25, 0.3) is 0 Å². The standard InChI is InChI=1S/C28H27FN2O3/c1-17-28(23-15-20(29)11-12-25(23)31(17)16-27(33)34)19-9-7-18(8-10-19)14-26(32)22-4-2-6-24-21(22)5-3-13-30-24/h2-6,11-13,15,18-19H,7-10,14,16H2,1H3,(H,33,34). The van der Waals surface area contributed by atoms with Gasteiger partial charge in [0, 0.05) is 40.2 Å². The molecule has 1 aliphatic rings. The van der Waals surface area contributed by atoms with E-state index in [1.165, 1.54) is 12.1 Å². The Bertz CT molecular complexity index is 1390. The number of fused-ring (bicyclic) bond motifs is 2. The second-order valence-electron chi connectivity index (χ2n) is 9.36. The maximum atomic E-state index is 14.1. The first-order chi connectivity index (χ1) is 16.4. The number of aromatic nitrogens is 2. The van der Waals surface area contributed by atoms with Gasteiger partial charge in [0.1, 0.15) is 12.4 Å². The minimum Gasteiger partial charge on any atom is -0.480 e. The molecule has 0 saturated heterocycles. The Labute approximate surface area is 197 Å². The van der Waals surface area contributed by atoms with Crippen molar-refractivity contribution in [3.05, 3.63) is 77.4 Å². The van der Waals surface area contributed by atoms with Gasteiger partial charge in [-0.1, -0.05) is 18.2 Å². The van der Waals surface area contributed by atoms with Crippen LogP contribution in [0.5, 0.6) is 0 Å². The van der Waals surface area contributed by atoms with E-state index in [0.29, 0.717) is 12.3 Å². The molecule has 0 radical (unpaired) electrons. The van der Waals surface area contributed by atoms with Crippen molar-refractivity contribution in [3.63, 3.8) is 0 Å². The molecule has 0 atom stereocenters. The molecule has 0 spiro atoms. The molecule has 2 heterocycles. The highest BCUT2D eigenvalue weighted by atomic mass is 19.1. The number of benzene rings is 2. The molecule has 5 nitrogen and oxygen atoms in total. The Balaban J connectivity index is 1.34. The van der Waals surface area contributed by atoms with Gasteiger partial charge >= 0.3 is 5.97 Å². The number of carboxylic acids is 1. The normalized spacial score (nSPS) is 18.4. The third kappa shape index (κ3) is 4.09. The predicted octanol–water partition coefficient (Wildman–Crippen LogP) is 6.27. The predicted molar refractivity (Wildman–Crippen MR) is 130 cm³/mol. The monoisotopic (exact) mass is 458 g/mol. The summed E-state index contributed by atoms with van der Waals surface area (Å²) in [6, 6.07) is 14.1. The molecule has 174 valence electrons. The van der Waals surface area contributed by atoms with Crippen molar-refractivity contribution >= 4 is 33.6 Å². The fraction of sp³-hybridized carbons (Fsp3) is 0.321. The van der Waals surface area contributed by atoms with Gasteiger partial charge in [-0.15, -0.1) is 0 Å². The molecule has 2 aromatic heterocycles. The van der Waals surface area contributed by atoms with Gasteiger partial charge in [-0.25, -0.2) is 4.39 Å². The number of rotatable bonds is 6. The highest BCUT2D eigenvalue weighted by Gasteiger charge is 2.29. The molecule has 0 amide bonds. The van der Waals surface area contributed by atoms with E-state index in [9.17, 15) is 19.1 Å². The Morgan fingerprint density at radius 2 is 1.85 bits per heavy atom. The molecular formula is C28H27FN2O3. The number of pyridine rings is 1. The third-order valence-corrected chi connectivity index (χ3v) is 7.30. The minimum atomic E-state index is -0.915. The van der Waals surface area contributed by atoms with Crippen molar-refractivity contribution in [2.24, 2.45) is 5.92 Å². The molecule has 1 saturated carbocycles. The molecular weight excluding hydrogens is 431 g/mol. The van der Waals surface area contributed by atoms with Crippen LogP contribution in [0, 0.1) is 18.7 Å². The van der Waals surface area contributed by atoms with Crippen molar-refractivity contribution in [2.75, 3.05) is 0 Å². The molecule has 1 fully saturated rings. The van der Waals surface area contributed by atoms with Gasteiger partial charge in [-0.05, 0) is 80.3 Å². The Morgan fingerprint density at radius 1 is 1.06 bits per heavy atom. The summed E-state index contributed by atoms with van der Waals surface area (Å²) in [5, 5.41) is 11.1. The largest absolute Gasteiger partial charge is 0.480 e. The van der Waals surface area contributed by atoms with E-state index >= 15 is 0 Å². The van der Waals surface area contributed by atoms with Crippen LogP contribution in [-0.4, -0.2) is 26.4 Å². The molecule has 6 heteroatoms. The molecule has 4 aromatic rings. The molecule has 34 heavy (non-hydrogen) atoms. The summed E-state index contributed by atoms with van der Waals surface area (Å²) < 4.78 is 15.9. The van der Waals surface area contributed by atoms with Crippen LogP contribution in [-0.2, 0) is 11.3 Å². The first kappa shape index (κ1) is 22.3. The summed E-state index contributed by atoms with van der Waals surface area (Å²) >= 11 is 0. The number of nitrogens with zero attached hydrogens (tertiary/aromatic N) is 2. The number of aliphatic carboxylic acids is 1. The molecule has 1 aliphatic carbocycles. The highest BCUT2D eigenvalue weighted by Crippen LogP contribution is 2.42. The van der Waals surface area contributed by atoms with Crippen LogP contribution < -0.4 is 0 Å². The maximum absolute atomic E-state index is 14.1. The fourth-order valence-electron chi connectivity index (χ4n) is 5.71. The summed E-state index contributed by atoms with van der Waals surface area (Å²) in [5.41, 5.74) is 4.28. The van der Waals surface area contributed by atoms with Gasteiger partial charge in [-0.2, -0.15) is 0 Å². The van der Waals surface area contributed by atoms with Gasteiger partial charge < -0.3 is 9.67 Å². The van der Waals surface area contributed by atoms with Crippen LogP contribution in [0.1, 0.15) is 59.6 Å². The van der Waals surface area contributed by atoms with Crippen molar-refractivity contribution < 1.29 is 19.1 Å². The molecule has 0 bridgehead atoms. The van der Waals surface area contributed by atoms with E-state index in [1.54, 1.807) is 16.8 Å². The zero-order chi connectivity index (χ0) is 23.8. The van der Waals surface area contributed by atoms with E-state index in [2.05, 4.69) is 4.98 Å². The number of carbonyl (C=O) groups is 2. The first-order valence-electron chi connectivity index (χ1n) is 11.8. The lowest BCUT2D eigenvalue weighted by Crippen LogP contribution is -2.17. The summed E-state index contributed by atoms with van der Waals surface area (Å²) in [7, 11) is 0.